The normalized spacial score (nSPS) is 13.1. The van der Waals surface area contributed by atoms with E-state index in [9.17, 15) is 8.42 Å². The number of rotatable bonds is 5. The van der Waals surface area contributed by atoms with Gasteiger partial charge in [0.25, 0.3) is 0 Å². The molecule has 0 saturated carbocycles. The molecule has 1 atom stereocenters. The molecule has 1 aromatic rings. The SMILES string of the molecule is CCC(C#N)S(=O)(=O)c1ccc(OC(C)C)cc1. The lowest BCUT2D eigenvalue weighted by Crippen LogP contribution is -2.18. The van der Waals surface area contributed by atoms with Crippen LogP contribution in [0.15, 0.2) is 29.2 Å². The zero-order chi connectivity index (χ0) is 13.8. The van der Waals surface area contributed by atoms with Crippen LogP contribution in [-0.4, -0.2) is 19.8 Å². The minimum absolute atomic E-state index is 0.0370. The third-order valence-electron chi connectivity index (χ3n) is 2.41. The molecule has 0 spiro atoms. The third-order valence-corrected chi connectivity index (χ3v) is 4.53. The Morgan fingerprint density at radius 2 is 1.83 bits per heavy atom. The fourth-order valence-corrected chi connectivity index (χ4v) is 2.95. The average Bonchev–Trinajstić information content (AvgIpc) is 2.30. The van der Waals surface area contributed by atoms with Crippen LogP contribution in [0, 0.1) is 11.3 Å². The van der Waals surface area contributed by atoms with Crippen molar-refractivity contribution in [1.82, 2.24) is 0 Å². The van der Waals surface area contributed by atoms with Gasteiger partial charge in [-0.3, -0.25) is 0 Å². The largest absolute Gasteiger partial charge is 0.491 e. The summed E-state index contributed by atoms with van der Waals surface area (Å²) in [4.78, 5) is 0.159. The zero-order valence-electron chi connectivity index (χ0n) is 10.8. The number of nitrogens with zero attached hydrogens (tertiary/aromatic N) is 1. The van der Waals surface area contributed by atoms with Crippen LogP contribution in [0.4, 0.5) is 0 Å². The van der Waals surface area contributed by atoms with E-state index in [1.54, 1.807) is 19.1 Å². The highest BCUT2D eigenvalue weighted by Crippen LogP contribution is 2.21. The first kappa shape index (κ1) is 14.5. The number of hydrogen-bond acceptors (Lipinski definition) is 4. The number of hydrogen-bond donors (Lipinski definition) is 0. The first-order valence-corrected chi connectivity index (χ1v) is 7.36. The monoisotopic (exact) mass is 267 g/mol. The van der Waals surface area contributed by atoms with Gasteiger partial charge in [-0.15, -0.1) is 0 Å². The van der Waals surface area contributed by atoms with Crippen LogP contribution in [0.3, 0.4) is 0 Å². The summed E-state index contributed by atoms with van der Waals surface area (Å²) in [5.41, 5.74) is 0. The molecule has 1 aromatic carbocycles. The van der Waals surface area contributed by atoms with Gasteiger partial charge in [0.2, 0.25) is 0 Å². The van der Waals surface area contributed by atoms with Gasteiger partial charge in [-0.2, -0.15) is 5.26 Å². The number of sulfone groups is 1. The molecular weight excluding hydrogens is 250 g/mol. The van der Waals surface area contributed by atoms with E-state index in [2.05, 4.69) is 0 Å². The van der Waals surface area contributed by atoms with E-state index in [0.717, 1.165) is 0 Å². The predicted molar refractivity (Wildman–Crippen MR) is 69.1 cm³/mol. The Morgan fingerprint density at radius 3 is 2.22 bits per heavy atom. The van der Waals surface area contributed by atoms with Crippen molar-refractivity contribution in [1.29, 1.82) is 5.26 Å². The lowest BCUT2D eigenvalue weighted by Gasteiger charge is -2.11. The van der Waals surface area contributed by atoms with Gasteiger partial charge in [-0.05, 0) is 44.5 Å². The van der Waals surface area contributed by atoms with Gasteiger partial charge in [0.15, 0.2) is 15.1 Å². The fraction of sp³-hybridized carbons (Fsp3) is 0.462. The Hall–Kier alpha value is -1.54. The quantitative estimate of drug-likeness (QED) is 0.822. The lowest BCUT2D eigenvalue weighted by atomic mass is 10.3. The van der Waals surface area contributed by atoms with Gasteiger partial charge in [0.05, 0.1) is 17.1 Å². The van der Waals surface area contributed by atoms with Crippen LogP contribution >= 0.6 is 0 Å². The van der Waals surface area contributed by atoms with Crippen LogP contribution in [0.5, 0.6) is 5.75 Å². The Bertz CT molecular complexity index is 526. The second kappa shape index (κ2) is 5.87. The van der Waals surface area contributed by atoms with Crippen molar-refractivity contribution in [3.63, 3.8) is 0 Å². The van der Waals surface area contributed by atoms with Gasteiger partial charge in [-0.25, -0.2) is 8.42 Å². The molecule has 0 N–H and O–H groups in total. The Morgan fingerprint density at radius 1 is 1.28 bits per heavy atom. The summed E-state index contributed by atoms with van der Waals surface area (Å²) in [5, 5.41) is 7.85. The van der Waals surface area contributed by atoms with Crippen molar-refractivity contribution in [2.45, 2.75) is 43.4 Å². The van der Waals surface area contributed by atoms with Crippen LogP contribution in [0.1, 0.15) is 27.2 Å². The van der Waals surface area contributed by atoms with Crippen molar-refractivity contribution in [2.75, 3.05) is 0 Å². The van der Waals surface area contributed by atoms with Crippen LogP contribution in [-0.2, 0) is 9.84 Å². The van der Waals surface area contributed by atoms with E-state index >= 15 is 0 Å². The van der Waals surface area contributed by atoms with E-state index in [4.69, 9.17) is 10.00 Å². The van der Waals surface area contributed by atoms with Gasteiger partial charge in [-0.1, -0.05) is 6.92 Å². The van der Waals surface area contributed by atoms with Crippen molar-refractivity contribution in [3.05, 3.63) is 24.3 Å². The number of nitriles is 1. The third kappa shape index (κ3) is 3.23. The maximum atomic E-state index is 12.1. The molecule has 0 radical (unpaired) electrons. The lowest BCUT2D eigenvalue weighted by molar-refractivity contribution is 0.242. The summed E-state index contributed by atoms with van der Waals surface area (Å²) >= 11 is 0. The molecule has 0 aromatic heterocycles. The van der Waals surface area contributed by atoms with Crippen molar-refractivity contribution in [2.24, 2.45) is 0 Å². The summed E-state index contributed by atoms with van der Waals surface area (Å²) in [6, 6.07) is 7.99. The van der Waals surface area contributed by atoms with E-state index < -0.39 is 15.1 Å². The molecule has 98 valence electrons. The maximum Gasteiger partial charge on any atom is 0.194 e. The molecule has 5 heteroatoms. The highest BCUT2D eigenvalue weighted by molar-refractivity contribution is 7.92. The summed E-state index contributed by atoms with van der Waals surface area (Å²) in [5.74, 6) is 0.619. The Labute approximate surface area is 108 Å². The highest BCUT2D eigenvalue weighted by atomic mass is 32.2. The van der Waals surface area contributed by atoms with Gasteiger partial charge < -0.3 is 4.74 Å². The average molecular weight is 267 g/mol. The van der Waals surface area contributed by atoms with Crippen LogP contribution < -0.4 is 4.74 Å². The van der Waals surface area contributed by atoms with Crippen molar-refractivity contribution >= 4 is 9.84 Å². The molecule has 0 amide bonds. The summed E-state index contributed by atoms with van der Waals surface area (Å²) in [6.45, 7) is 5.47. The maximum absolute atomic E-state index is 12.1. The van der Waals surface area contributed by atoms with E-state index in [0.29, 0.717) is 5.75 Å². The van der Waals surface area contributed by atoms with Crippen LogP contribution in [0.25, 0.3) is 0 Å². The molecule has 4 nitrogen and oxygen atoms in total. The van der Waals surface area contributed by atoms with Gasteiger partial charge in [0, 0.05) is 0 Å². The molecule has 18 heavy (non-hydrogen) atoms. The van der Waals surface area contributed by atoms with Gasteiger partial charge >= 0.3 is 0 Å². The topological polar surface area (TPSA) is 67.2 Å². The zero-order valence-corrected chi connectivity index (χ0v) is 11.6. The number of benzene rings is 1. The molecule has 0 saturated heterocycles. The molecule has 1 unspecified atom stereocenters. The second-order valence-electron chi connectivity index (χ2n) is 4.21. The fourth-order valence-electron chi connectivity index (χ4n) is 1.52. The highest BCUT2D eigenvalue weighted by Gasteiger charge is 2.25. The molecule has 0 aliphatic rings. The first-order valence-electron chi connectivity index (χ1n) is 5.82. The van der Waals surface area contributed by atoms with E-state index in [1.165, 1.54) is 12.1 Å². The van der Waals surface area contributed by atoms with Crippen molar-refractivity contribution in [3.8, 4) is 11.8 Å². The summed E-state index contributed by atoms with van der Waals surface area (Å²) in [6.07, 6.45) is 0.318. The van der Waals surface area contributed by atoms with Crippen LogP contribution in [0.2, 0.25) is 0 Å². The summed E-state index contributed by atoms with van der Waals surface area (Å²) < 4.78 is 29.6. The molecule has 0 aliphatic heterocycles. The molecule has 1 rings (SSSR count). The predicted octanol–water partition coefficient (Wildman–Crippen LogP) is 2.55. The molecular formula is C13H17NO3S. The van der Waals surface area contributed by atoms with E-state index in [-0.39, 0.29) is 17.4 Å². The minimum Gasteiger partial charge on any atom is -0.491 e. The molecule has 0 heterocycles. The van der Waals surface area contributed by atoms with E-state index in [1.807, 2.05) is 19.9 Å². The molecule has 0 fully saturated rings. The Balaban J connectivity index is 3.02. The van der Waals surface area contributed by atoms with Gasteiger partial charge in [0.1, 0.15) is 5.75 Å². The number of ether oxygens (including phenoxy) is 1. The Kier molecular flexibility index (Phi) is 4.74. The molecule has 0 aliphatic carbocycles. The standard InChI is InChI=1S/C13H17NO3S/c1-4-12(9-14)18(15,16)13-7-5-11(6-8-13)17-10(2)3/h5-8,10,12H,4H2,1-3H3. The molecule has 0 bridgehead atoms. The first-order chi connectivity index (χ1) is 8.41. The smallest absolute Gasteiger partial charge is 0.194 e. The second-order valence-corrected chi connectivity index (χ2v) is 6.34. The minimum atomic E-state index is -3.56. The summed E-state index contributed by atoms with van der Waals surface area (Å²) in [7, 11) is -3.56. The van der Waals surface area contributed by atoms with Crippen molar-refractivity contribution < 1.29 is 13.2 Å².